The molecule has 2 aromatic rings. The number of alkyl halides is 3. The van der Waals surface area contributed by atoms with E-state index in [1.807, 2.05) is 18.2 Å². The van der Waals surface area contributed by atoms with Gasteiger partial charge < -0.3 is 10.1 Å². The Labute approximate surface area is 120 Å². The topological polar surface area (TPSA) is 21.3 Å². The molecule has 1 N–H and O–H groups in total. The summed E-state index contributed by atoms with van der Waals surface area (Å²) < 4.78 is 40.9. The summed E-state index contributed by atoms with van der Waals surface area (Å²) in [7, 11) is 0. The van der Waals surface area contributed by atoms with E-state index >= 15 is 0 Å². The van der Waals surface area contributed by atoms with Crippen LogP contribution in [0.15, 0.2) is 42.5 Å². The van der Waals surface area contributed by atoms with Crippen molar-refractivity contribution in [2.45, 2.75) is 19.2 Å². The Morgan fingerprint density at radius 3 is 2.67 bits per heavy atom. The lowest BCUT2D eigenvalue weighted by Crippen LogP contribution is -2.17. The fourth-order valence-corrected chi connectivity index (χ4v) is 2.64. The summed E-state index contributed by atoms with van der Waals surface area (Å²) in [6.07, 6.45) is -2.73. The molecule has 2 aromatic carbocycles. The van der Waals surface area contributed by atoms with Crippen LogP contribution in [0, 0.1) is 0 Å². The maximum absolute atomic E-state index is 12.3. The first kappa shape index (κ1) is 13.8. The second-order valence-electron chi connectivity index (χ2n) is 4.94. The highest BCUT2D eigenvalue weighted by Gasteiger charge is 2.31. The molecule has 0 spiro atoms. The van der Waals surface area contributed by atoms with Crippen LogP contribution in [0.1, 0.15) is 12.0 Å². The molecule has 21 heavy (non-hydrogen) atoms. The lowest BCUT2D eigenvalue weighted by molar-refractivity contribution is -0.274. The predicted octanol–water partition coefficient (Wildman–Crippen LogP) is 4.61. The Morgan fingerprint density at radius 1 is 1.05 bits per heavy atom. The Hall–Kier alpha value is -2.17. The monoisotopic (exact) mass is 293 g/mol. The minimum absolute atomic E-state index is 0.193. The molecule has 1 aliphatic heterocycles. The van der Waals surface area contributed by atoms with E-state index in [1.165, 1.54) is 12.1 Å². The van der Waals surface area contributed by atoms with Crippen molar-refractivity contribution in [1.29, 1.82) is 0 Å². The summed E-state index contributed by atoms with van der Waals surface area (Å²) in [5, 5.41) is 3.31. The van der Waals surface area contributed by atoms with E-state index in [1.54, 1.807) is 12.1 Å². The fourth-order valence-electron chi connectivity index (χ4n) is 2.64. The molecule has 0 saturated carbocycles. The third kappa shape index (κ3) is 3.12. The number of fused-ring (bicyclic) bond motifs is 1. The predicted molar refractivity (Wildman–Crippen MR) is 75.4 cm³/mol. The average Bonchev–Trinajstić information content (AvgIpc) is 2.45. The molecule has 0 bridgehead atoms. The molecule has 0 radical (unpaired) electrons. The molecule has 3 rings (SSSR count). The molecule has 0 aromatic heterocycles. The van der Waals surface area contributed by atoms with Gasteiger partial charge in [0.1, 0.15) is 5.75 Å². The van der Waals surface area contributed by atoms with E-state index < -0.39 is 6.36 Å². The van der Waals surface area contributed by atoms with Crippen LogP contribution in [0.5, 0.6) is 5.75 Å². The van der Waals surface area contributed by atoms with Gasteiger partial charge in [0, 0.05) is 12.2 Å². The molecule has 5 heteroatoms. The third-order valence-electron chi connectivity index (χ3n) is 3.47. The minimum atomic E-state index is -4.67. The van der Waals surface area contributed by atoms with Gasteiger partial charge in [-0.3, -0.25) is 0 Å². The second-order valence-corrected chi connectivity index (χ2v) is 4.94. The molecule has 1 aliphatic rings. The highest BCUT2D eigenvalue weighted by Crippen LogP contribution is 2.34. The molecule has 0 unspecified atom stereocenters. The van der Waals surface area contributed by atoms with Crippen molar-refractivity contribution in [2.24, 2.45) is 0 Å². The maximum atomic E-state index is 12.3. The van der Waals surface area contributed by atoms with Crippen LogP contribution in [-0.4, -0.2) is 12.9 Å². The first-order valence-corrected chi connectivity index (χ1v) is 6.75. The number of halogens is 3. The molecular weight excluding hydrogens is 279 g/mol. The number of rotatable bonds is 2. The normalized spacial score (nSPS) is 14.2. The van der Waals surface area contributed by atoms with E-state index in [9.17, 15) is 13.2 Å². The molecule has 110 valence electrons. The molecule has 0 amide bonds. The van der Waals surface area contributed by atoms with Crippen LogP contribution in [0.4, 0.5) is 18.9 Å². The van der Waals surface area contributed by atoms with Gasteiger partial charge in [-0.05, 0) is 47.7 Å². The molecule has 1 heterocycles. The Bertz CT molecular complexity index is 652. The smallest absolute Gasteiger partial charge is 0.406 e. The van der Waals surface area contributed by atoms with Crippen LogP contribution in [0.3, 0.4) is 0 Å². The Morgan fingerprint density at radius 2 is 1.86 bits per heavy atom. The van der Waals surface area contributed by atoms with Crippen molar-refractivity contribution < 1.29 is 17.9 Å². The number of nitrogens with one attached hydrogen (secondary N) is 1. The van der Waals surface area contributed by atoms with Crippen molar-refractivity contribution in [1.82, 2.24) is 0 Å². The second kappa shape index (κ2) is 5.31. The highest BCUT2D eigenvalue weighted by atomic mass is 19.4. The summed E-state index contributed by atoms with van der Waals surface area (Å²) in [6.45, 7) is 0.924. The standard InChI is InChI=1S/C16H14F3NO/c17-16(18,19)21-12-5-1-4-11(10-12)13-6-2-8-15-14(13)7-3-9-20-15/h1-2,4-6,8,10,20H,3,7,9H2. The maximum Gasteiger partial charge on any atom is 0.573 e. The van der Waals surface area contributed by atoms with Crippen molar-refractivity contribution in [3.05, 3.63) is 48.0 Å². The first-order chi connectivity index (χ1) is 10.0. The van der Waals surface area contributed by atoms with Gasteiger partial charge in [0.2, 0.25) is 0 Å². The summed E-state index contributed by atoms with van der Waals surface area (Å²) in [6, 6.07) is 11.9. The van der Waals surface area contributed by atoms with Gasteiger partial charge in [-0.25, -0.2) is 0 Å². The average molecular weight is 293 g/mol. The van der Waals surface area contributed by atoms with Gasteiger partial charge in [0.25, 0.3) is 0 Å². The lowest BCUT2D eigenvalue weighted by atomic mass is 9.93. The van der Waals surface area contributed by atoms with Crippen molar-refractivity contribution in [2.75, 3.05) is 11.9 Å². The number of ether oxygens (including phenoxy) is 1. The first-order valence-electron chi connectivity index (χ1n) is 6.75. The fraction of sp³-hybridized carbons (Fsp3) is 0.250. The van der Waals surface area contributed by atoms with Crippen molar-refractivity contribution in [3.8, 4) is 16.9 Å². The zero-order chi connectivity index (χ0) is 14.9. The third-order valence-corrected chi connectivity index (χ3v) is 3.47. The quantitative estimate of drug-likeness (QED) is 0.873. The van der Waals surface area contributed by atoms with E-state index in [4.69, 9.17) is 0 Å². The van der Waals surface area contributed by atoms with E-state index in [-0.39, 0.29) is 5.75 Å². The number of hydrogen-bond donors (Lipinski definition) is 1. The molecular formula is C16H14F3NO. The van der Waals surface area contributed by atoms with Gasteiger partial charge in [0.05, 0.1) is 0 Å². The number of anilines is 1. The van der Waals surface area contributed by atoms with Crippen molar-refractivity contribution in [3.63, 3.8) is 0 Å². The summed E-state index contributed by atoms with van der Waals surface area (Å²) in [4.78, 5) is 0. The molecule has 2 nitrogen and oxygen atoms in total. The number of hydrogen-bond acceptors (Lipinski definition) is 2. The number of benzene rings is 2. The van der Waals surface area contributed by atoms with Crippen molar-refractivity contribution >= 4 is 5.69 Å². The Balaban J connectivity index is 1.99. The van der Waals surface area contributed by atoms with Crippen LogP contribution in [-0.2, 0) is 6.42 Å². The summed E-state index contributed by atoms with van der Waals surface area (Å²) in [5.74, 6) is -0.193. The van der Waals surface area contributed by atoms with Crippen LogP contribution in [0.2, 0.25) is 0 Å². The zero-order valence-electron chi connectivity index (χ0n) is 11.2. The molecule has 0 aliphatic carbocycles. The zero-order valence-corrected chi connectivity index (χ0v) is 11.2. The molecule has 0 saturated heterocycles. The lowest BCUT2D eigenvalue weighted by Gasteiger charge is -2.21. The SMILES string of the molecule is FC(F)(F)Oc1cccc(-c2cccc3c2CCCN3)c1. The minimum Gasteiger partial charge on any atom is -0.406 e. The van der Waals surface area contributed by atoms with Crippen LogP contribution < -0.4 is 10.1 Å². The van der Waals surface area contributed by atoms with Crippen LogP contribution >= 0.6 is 0 Å². The van der Waals surface area contributed by atoms with Crippen LogP contribution in [0.25, 0.3) is 11.1 Å². The van der Waals surface area contributed by atoms with Gasteiger partial charge in [-0.2, -0.15) is 0 Å². The van der Waals surface area contributed by atoms with E-state index in [0.29, 0.717) is 0 Å². The Kier molecular flexibility index (Phi) is 3.49. The van der Waals surface area contributed by atoms with Gasteiger partial charge in [0.15, 0.2) is 0 Å². The van der Waals surface area contributed by atoms with Gasteiger partial charge >= 0.3 is 6.36 Å². The summed E-state index contributed by atoms with van der Waals surface area (Å²) >= 11 is 0. The van der Waals surface area contributed by atoms with Gasteiger partial charge in [-0.1, -0.05) is 24.3 Å². The summed E-state index contributed by atoms with van der Waals surface area (Å²) in [5.41, 5.74) is 3.89. The molecule has 0 fully saturated rings. The molecule has 0 atom stereocenters. The van der Waals surface area contributed by atoms with Gasteiger partial charge in [-0.15, -0.1) is 13.2 Å². The highest BCUT2D eigenvalue weighted by molar-refractivity contribution is 5.75. The largest absolute Gasteiger partial charge is 0.573 e. The van der Waals surface area contributed by atoms with E-state index in [0.717, 1.165) is 41.8 Å². The van der Waals surface area contributed by atoms with E-state index in [2.05, 4.69) is 10.1 Å².